The van der Waals surface area contributed by atoms with E-state index in [2.05, 4.69) is 25.6 Å². The summed E-state index contributed by atoms with van der Waals surface area (Å²) in [7, 11) is 0. The quantitative estimate of drug-likeness (QED) is 0.665. The second-order valence-electron chi connectivity index (χ2n) is 4.44. The number of pyridine rings is 1. The highest BCUT2D eigenvalue weighted by Crippen LogP contribution is 2.23. The Bertz CT molecular complexity index is 741. The van der Waals surface area contributed by atoms with Crippen molar-refractivity contribution in [2.24, 2.45) is 0 Å². The SMILES string of the molecule is OCCNc1cc(Nc2nccc3ccccc23)ncn1. The van der Waals surface area contributed by atoms with Crippen molar-refractivity contribution >= 4 is 28.2 Å². The first-order valence-corrected chi connectivity index (χ1v) is 6.64. The van der Waals surface area contributed by atoms with E-state index < -0.39 is 0 Å². The van der Waals surface area contributed by atoms with E-state index in [1.807, 2.05) is 30.3 Å². The molecule has 21 heavy (non-hydrogen) atoms. The Morgan fingerprint density at radius 1 is 1.00 bits per heavy atom. The average Bonchev–Trinajstić information content (AvgIpc) is 2.54. The molecule has 2 heterocycles. The molecule has 0 atom stereocenters. The molecule has 6 nitrogen and oxygen atoms in total. The first-order valence-electron chi connectivity index (χ1n) is 6.64. The molecule has 0 fully saturated rings. The number of aliphatic hydroxyl groups is 1. The molecule has 0 bridgehead atoms. The van der Waals surface area contributed by atoms with Crippen LogP contribution in [0.2, 0.25) is 0 Å². The lowest BCUT2D eigenvalue weighted by molar-refractivity contribution is 0.311. The zero-order valence-electron chi connectivity index (χ0n) is 11.3. The van der Waals surface area contributed by atoms with Gasteiger partial charge in [-0.15, -0.1) is 0 Å². The molecule has 2 aromatic heterocycles. The zero-order valence-corrected chi connectivity index (χ0v) is 11.3. The molecule has 0 aliphatic rings. The third-order valence-corrected chi connectivity index (χ3v) is 3.01. The first-order chi connectivity index (χ1) is 10.4. The van der Waals surface area contributed by atoms with Crippen LogP contribution in [0.3, 0.4) is 0 Å². The van der Waals surface area contributed by atoms with Gasteiger partial charge < -0.3 is 15.7 Å². The molecular formula is C15H15N5O. The number of benzene rings is 1. The molecule has 0 aliphatic heterocycles. The normalized spacial score (nSPS) is 10.5. The lowest BCUT2D eigenvalue weighted by atomic mass is 10.1. The molecule has 0 unspecified atom stereocenters. The number of anilines is 3. The van der Waals surface area contributed by atoms with Crippen molar-refractivity contribution in [3.05, 3.63) is 48.9 Å². The van der Waals surface area contributed by atoms with E-state index in [9.17, 15) is 0 Å². The summed E-state index contributed by atoms with van der Waals surface area (Å²) < 4.78 is 0. The smallest absolute Gasteiger partial charge is 0.139 e. The number of hydrogen-bond acceptors (Lipinski definition) is 6. The highest BCUT2D eigenvalue weighted by Gasteiger charge is 2.04. The van der Waals surface area contributed by atoms with E-state index in [0.717, 1.165) is 16.6 Å². The lowest BCUT2D eigenvalue weighted by Gasteiger charge is -2.09. The highest BCUT2D eigenvalue weighted by atomic mass is 16.3. The number of rotatable bonds is 5. The summed E-state index contributed by atoms with van der Waals surface area (Å²) in [6.45, 7) is 0.501. The molecular weight excluding hydrogens is 266 g/mol. The van der Waals surface area contributed by atoms with Gasteiger partial charge in [0.15, 0.2) is 0 Å². The van der Waals surface area contributed by atoms with Crippen molar-refractivity contribution in [2.75, 3.05) is 23.8 Å². The maximum atomic E-state index is 8.82. The number of aliphatic hydroxyl groups excluding tert-OH is 1. The van der Waals surface area contributed by atoms with Gasteiger partial charge in [-0.05, 0) is 11.5 Å². The van der Waals surface area contributed by atoms with Gasteiger partial charge in [0.25, 0.3) is 0 Å². The number of nitrogens with zero attached hydrogens (tertiary/aromatic N) is 3. The summed E-state index contributed by atoms with van der Waals surface area (Å²) in [6.07, 6.45) is 3.23. The van der Waals surface area contributed by atoms with Crippen LogP contribution in [0.1, 0.15) is 0 Å². The minimum atomic E-state index is 0.0532. The maximum Gasteiger partial charge on any atom is 0.139 e. The molecule has 1 aromatic carbocycles. The predicted molar refractivity (Wildman–Crippen MR) is 82.6 cm³/mol. The van der Waals surface area contributed by atoms with Gasteiger partial charge in [-0.25, -0.2) is 15.0 Å². The van der Waals surface area contributed by atoms with Crippen LogP contribution in [-0.4, -0.2) is 33.2 Å². The van der Waals surface area contributed by atoms with Crippen LogP contribution in [0.4, 0.5) is 17.5 Å². The Morgan fingerprint density at radius 3 is 2.76 bits per heavy atom. The van der Waals surface area contributed by atoms with Crippen molar-refractivity contribution < 1.29 is 5.11 Å². The van der Waals surface area contributed by atoms with Crippen LogP contribution in [0.5, 0.6) is 0 Å². The van der Waals surface area contributed by atoms with Crippen molar-refractivity contribution in [3.63, 3.8) is 0 Å². The number of nitrogens with one attached hydrogen (secondary N) is 2. The average molecular weight is 281 g/mol. The molecule has 3 N–H and O–H groups in total. The second-order valence-corrected chi connectivity index (χ2v) is 4.44. The van der Waals surface area contributed by atoms with Crippen molar-refractivity contribution in [2.45, 2.75) is 0 Å². The van der Waals surface area contributed by atoms with Crippen molar-refractivity contribution in [3.8, 4) is 0 Å². The van der Waals surface area contributed by atoms with Gasteiger partial charge >= 0.3 is 0 Å². The Hall–Kier alpha value is -2.73. The third kappa shape index (κ3) is 3.06. The Morgan fingerprint density at radius 2 is 1.86 bits per heavy atom. The lowest BCUT2D eigenvalue weighted by Crippen LogP contribution is -2.07. The molecule has 0 aliphatic carbocycles. The summed E-state index contributed by atoms with van der Waals surface area (Å²) in [4.78, 5) is 12.6. The number of fused-ring (bicyclic) bond motifs is 1. The summed E-state index contributed by atoms with van der Waals surface area (Å²) in [6, 6.07) is 11.8. The van der Waals surface area contributed by atoms with E-state index >= 15 is 0 Å². The van der Waals surface area contributed by atoms with Gasteiger partial charge in [0.1, 0.15) is 23.8 Å². The molecule has 6 heteroatoms. The third-order valence-electron chi connectivity index (χ3n) is 3.01. The molecule has 3 aromatic rings. The molecule has 0 radical (unpaired) electrons. The fourth-order valence-corrected chi connectivity index (χ4v) is 2.05. The fourth-order valence-electron chi connectivity index (χ4n) is 2.05. The molecule has 0 amide bonds. The van der Waals surface area contributed by atoms with Crippen molar-refractivity contribution in [1.82, 2.24) is 15.0 Å². The highest BCUT2D eigenvalue weighted by molar-refractivity contribution is 5.92. The van der Waals surface area contributed by atoms with Gasteiger partial charge in [-0.2, -0.15) is 0 Å². The summed E-state index contributed by atoms with van der Waals surface area (Å²) in [5, 5.41) is 17.2. The van der Waals surface area contributed by atoms with E-state index in [4.69, 9.17) is 5.11 Å². The molecule has 0 saturated carbocycles. The van der Waals surface area contributed by atoms with Crippen LogP contribution < -0.4 is 10.6 Å². The monoisotopic (exact) mass is 281 g/mol. The standard InChI is InChI=1S/C15H15N5O/c21-8-7-16-13-9-14(19-10-18-13)20-15-12-4-2-1-3-11(12)5-6-17-15/h1-6,9-10,21H,7-8H2,(H2,16,17,18,19,20). The van der Waals surface area contributed by atoms with E-state index in [-0.39, 0.29) is 6.61 Å². The Labute approximate surface area is 121 Å². The second kappa shape index (κ2) is 6.15. The van der Waals surface area contributed by atoms with Crippen LogP contribution in [0.25, 0.3) is 10.8 Å². The summed E-state index contributed by atoms with van der Waals surface area (Å²) in [5.74, 6) is 2.05. The summed E-state index contributed by atoms with van der Waals surface area (Å²) >= 11 is 0. The molecule has 0 saturated heterocycles. The van der Waals surface area contributed by atoms with E-state index in [1.165, 1.54) is 6.33 Å². The van der Waals surface area contributed by atoms with E-state index in [1.54, 1.807) is 12.3 Å². The van der Waals surface area contributed by atoms with Crippen LogP contribution >= 0.6 is 0 Å². The predicted octanol–water partition coefficient (Wildman–Crippen LogP) is 2.17. The Kier molecular flexibility index (Phi) is 3.88. The number of hydrogen-bond donors (Lipinski definition) is 3. The first kappa shape index (κ1) is 13.3. The maximum absolute atomic E-state index is 8.82. The zero-order chi connectivity index (χ0) is 14.5. The minimum Gasteiger partial charge on any atom is -0.395 e. The largest absolute Gasteiger partial charge is 0.395 e. The summed E-state index contributed by atoms with van der Waals surface area (Å²) in [5.41, 5.74) is 0. The van der Waals surface area contributed by atoms with Gasteiger partial charge in [0, 0.05) is 24.2 Å². The van der Waals surface area contributed by atoms with Crippen molar-refractivity contribution in [1.29, 1.82) is 0 Å². The van der Waals surface area contributed by atoms with Gasteiger partial charge in [0.2, 0.25) is 0 Å². The van der Waals surface area contributed by atoms with Crippen LogP contribution in [-0.2, 0) is 0 Å². The van der Waals surface area contributed by atoms with Crippen LogP contribution in [0.15, 0.2) is 48.9 Å². The number of aromatic nitrogens is 3. The minimum absolute atomic E-state index is 0.0532. The fraction of sp³-hybridized carbons (Fsp3) is 0.133. The topological polar surface area (TPSA) is 83.0 Å². The van der Waals surface area contributed by atoms with Crippen LogP contribution in [0, 0.1) is 0 Å². The van der Waals surface area contributed by atoms with E-state index in [0.29, 0.717) is 18.2 Å². The molecule has 3 rings (SSSR count). The van der Waals surface area contributed by atoms with Gasteiger partial charge in [0.05, 0.1) is 6.61 Å². The van der Waals surface area contributed by atoms with Gasteiger partial charge in [-0.1, -0.05) is 24.3 Å². The molecule has 0 spiro atoms. The molecule has 106 valence electrons. The van der Waals surface area contributed by atoms with Gasteiger partial charge in [-0.3, -0.25) is 0 Å². The Balaban J connectivity index is 1.88.